The molecule has 1 aliphatic rings. The van der Waals surface area contributed by atoms with E-state index < -0.39 is 5.60 Å². The topological polar surface area (TPSA) is 75.0 Å². The van der Waals surface area contributed by atoms with Crippen LogP contribution in [0.3, 0.4) is 0 Å². The number of aryl methyl sites for hydroxylation is 1. The van der Waals surface area contributed by atoms with E-state index in [4.69, 9.17) is 0 Å². The standard InChI is InChI=1S/C14H21N5O.2ClH/c20-14(6-8-16-11-14)10-15-7-3-9-19-13-5-2-1-4-12(13)17-18-19;;/h1-2,4-5,15-16,20H,3,6-11H2;2*1H. The molecular weight excluding hydrogens is 325 g/mol. The van der Waals surface area contributed by atoms with Crippen LogP contribution in [0.1, 0.15) is 12.8 Å². The van der Waals surface area contributed by atoms with E-state index in [0.717, 1.165) is 43.5 Å². The van der Waals surface area contributed by atoms with Gasteiger partial charge in [-0.05, 0) is 38.1 Å². The Morgan fingerprint density at radius 1 is 1.32 bits per heavy atom. The molecule has 0 saturated carbocycles. The fourth-order valence-corrected chi connectivity index (χ4v) is 2.64. The van der Waals surface area contributed by atoms with E-state index in [9.17, 15) is 5.11 Å². The molecule has 0 bridgehead atoms. The van der Waals surface area contributed by atoms with Crippen molar-refractivity contribution in [2.24, 2.45) is 0 Å². The van der Waals surface area contributed by atoms with E-state index >= 15 is 0 Å². The maximum Gasteiger partial charge on any atom is 0.113 e. The summed E-state index contributed by atoms with van der Waals surface area (Å²) in [5.41, 5.74) is 1.44. The van der Waals surface area contributed by atoms with E-state index in [0.29, 0.717) is 13.1 Å². The first-order valence-electron chi connectivity index (χ1n) is 7.19. The van der Waals surface area contributed by atoms with Gasteiger partial charge in [-0.2, -0.15) is 0 Å². The van der Waals surface area contributed by atoms with Gasteiger partial charge in [0.25, 0.3) is 0 Å². The normalized spacial score (nSPS) is 20.6. The van der Waals surface area contributed by atoms with Crippen molar-refractivity contribution in [3.8, 4) is 0 Å². The molecule has 22 heavy (non-hydrogen) atoms. The second kappa shape index (κ2) is 8.64. The minimum Gasteiger partial charge on any atom is -0.387 e. The number of benzene rings is 1. The molecule has 0 amide bonds. The minimum absolute atomic E-state index is 0. The summed E-state index contributed by atoms with van der Waals surface area (Å²) in [5.74, 6) is 0. The predicted octanol–water partition coefficient (Wildman–Crippen LogP) is 0.979. The zero-order valence-corrected chi connectivity index (χ0v) is 14.0. The van der Waals surface area contributed by atoms with Crippen LogP contribution in [0.5, 0.6) is 0 Å². The van der Waals surface area contributed by atoms with Gasteiger partial charge < -0.3 is 15.7 Å². The molecule has 1 aromatic carbocycles. The van der Waals surface area contributed by atoms with E-state index in [1.807, 2.05) is 28.9 Å². The Labute approximate surface area is 142 Å². The van der Waals surface area contributed by atoms with Crippen LogP contribution < -0.4 is 10.6 Å². The highest BCUT2D eigenvalue weighted by atomic mass is 35.5. The van der Waals surface area contributed by atoms with E-state index in [-0.39, 0.29) is 24.8 Å². The molecule has 8 heteroatoms. The third kappa shape index (κ3) is 4.54. The summed E-state index contributed by atoms with van der Waals surface area (Å²) in [4.78, 5) is 0. The van der Waals surface area contributed by atoms with Crippen molar-refractivity contribution in [3.05, 3.63) is 24.3 Å². The number of rotatable bonds is 6. The Morgan fingerprint density at radius 2 is 2.14 bits per heavy atom. The Bertz CT molecular complexity index is 571. The lowest BCUT2D eigenvalue weighted by molar-refractivity contribution is 0.0612. The molecule has 0 radical (unpaired) electrons. The first-order chi connectivity index (χ1) is 9.77. The number of β-amino-alcohol motifs (C(OH)–C–C–N with tert-alkyl or cyclic N) is 1. The zero-order valence-electron chi connectivity index (χ0n) is 12.4. The van der Waals surface area contributed by atoms with Gasteiger partial charge >= 0.3 is 0 Å². The molecule has 6 nitrogen and oxygen atoms in total. The van der Waals surface area contributed by atoms with Gasteiger partial charge in [0, 0.05) is 19.6 Å². The maximum absolute atomic E-state index is 10.2. The highest BCUT2D eigenvalue weighted by Gasteiger charge is 2.30. The number of hydrogen-bond acceptors (Lipinski definition) is 5. The molecule has 1 aromatic heterocycles. The third-order valence-electron chi connectivity index (χ3n) is 3.82. The maximum atomic E-state index is 10.2. The SMILES string of the molecule is Cl.Cl.OC1(CNCCCn2nnc3ccccc32)CCNC1. The van der Waals surface area contributed by atoms with E-state index in [2.05, 4.69) is 20.9 Å². The summed E-state index contributed by atoms with van der Waals surface area (Å²) in [6.07, 6.45) is 1.80. The number of hydrogen-bond donors (Lipinski definition) is 3. The lowest BCUT2D eigenvalue weighted by Crippen LogP contribution is -2.42. The largest absolute Gasteiger partial charge is 0.387 e. The predicted molar refractivity (Wildman–Crippen MR) is 91.9 cm³/mol. The highest BCUT2D eigenvalue weighted by Crippen LogP contribution is 2.12. The van der Waals surface area contributed by atoms with Crippen LogP contribution in [0.25, 0.3) is 11.0 Å². The van der Waals surface area contributed by atoms with Crippen LogP contribution in [0.15, 0.2) is 24.3 Å². The zero-order chi connectivity index (χ0) is 13.8. The number of aromatic nitrogens is 3. The summed E-state index contributed by atoms with van der Waals surface area (Å²) >= 11 is 0. The van der Waals surface area contributed by atoms with Crippen molar-refractivity contribution in [2.45, 2.75) is 25.0 Å². The highest BCUT2D eigenvalue weighted by molar-refractivity contribution is 5.85. The van der Waals surface area contributed by atoms with Gasteiger partial charge in [-0.25, -0.2) is 4.68 Å². The number of aliphatic hydroxyl groups is 1. The molecule has 1 fully saturated rings. The van der Waals surface area contributed by atoms with Crippen molar-refractivity contribution >= 4 is 35.8 Å². The van der Waals surface area contributed by atoms with Gasteiger partial charge in [-0.3, -0.25) is 0 Å². The number of para-hydroxylation sites is 1. The fraction of sp³-hybridized carbons (Fsp3) is 0.571. The molecule has 3 N–H and O–H groups in total. The van der Waals surface area contributed by atoms with E-state index in [1.54, 1.807) is 0 Å². The first kappa shape index (κ1) is 19.1. The molecule has 124 valence electrons. The number of fused-ring (bicyclic) bond motifs is 1. The number of nitrogens with one attached hydrogen (secondary N) is 2. The summed E-state index contributed by atoms with van der Waals surface area (Å²) in [5, 5.41) is 25.0. The van der Waals surface area contributed by atoms with Crippen LogP contribution in [-0.4, -0.2) is 51.9 Å². The molecular formula is C14H23Cl2N5O. The molecule has 0 spiro atoms. The second-order valence-corrected chi connectivity index (χ2v) is 5.48. The summed E-state index contributed by atoms with van der Waals surface area (Å²) in [7, 11) is 0. The van der Waals surface area contributed by atoms with Crippen LogP contribution in [0.4, 0.5) is 0 Å². The number of halogens is 2. The number of nitrogens with zero attached hydrogens (tertiary/aromatic N) is 3. The van der Waals surface area contributed by atoms with Gasteiger partial charge in [0.05, 0.1) is 11.1 Å². The summed E-state index contributed by atoms with van der Waals surface area (Å²) < 4.78 is 1.93. The van der Waals surface area contributed by atoms with Crippen molar-refractivity contribution in [2.75, 3.05) is 26.2 Å². The molecule has 1 atom stereocenters. The Balaban J connectivity index is 0.00000121. The molecule has 2 heterocycles. The average Bonchev–Trinajstić information content (AvgIpc) is 3.06. The third-order valence-corrected chi connectivity index (χ3v) is 3.82. The van der Waals surface area contributed by atoms with Crippen molar-refractivity contribution in [1.82, 2.24) is 25.6 Å². The lowest BCUT2D eigenvalue weighted by Gasteiger charge is -2.21. The molecule has 2 aromatic rings. The van der Waals surface area contributed by atoms with Crippen molar-refractivity contribution in [1.29, 1.82) is 0 Å². The van der Waals surface area contributed by atoms with E-state index in [1.165, 1.54) is 0 Å². The van der Waals surface area contributed by atoms with Gasteiger partial charge in [-0.15, -0.1) is 29.9 Å². The summed E-state index contributed by atoms with van der Waals surface area (Å²) in [6, 6.07) is 7.98. The van der Waals surface area contributed by atoms with Crippen LogP contribution in [0.2, 0.25) is 0 Å². The van der Waals surface area contributed by atoms with Crippen LogP contribution in [0, 0.1) is 0 Å². The van der Waals surface area contributed by atoms with Gasteiger partial charge in [0.15, 0.2) is 0 Å². The Hall–Kier alpha value is -0.920. The van der Waals surface area contributed by atoms with Crippen LogP contribution >= 0.6 is 24.8 Å². The smallest absolute Gasteiger partial charge is 0.113 e. The molecule has 3 rings (SSSR count). The van der Waals surface area contributed by atoms with Crippen molar-refractivity contribution in [3.63, 3.8) is 0 Å². The van der Waals surface area contributed by atoms with Gasteiger partial charge in [0.1, 0.15) is 5.52 Å². The molecule has 0 aliphatic carbocycles. The molecule has 1 aliphatic heterocycles. The molecule has 1 saturated heterocycles. The second-order valence-electron chi connectivity index (χ2n) is 5.48. The molecule has 1 unspecified atom stereocenters. The lowest BCUT2D eigenvalue weighted by atomic mass is 10.0. The quantitative estimate of drug-likeness (QED) is 0.679. The summed E-state index contributed by atoms with van der Waals surface area (Å²) in [6.45, 7) is 3.95. The van der Waals surface area contributed by atoms with Crippen LogP contribution in [-0.2, 0) is 6.54 Å². The Kier molecular flexibility index (Phi) is 7.52. The first-order valence-corrected chi connectivity index (χ1v) is 7.19. The van der Waals surface area contributed by atoms with Gasteiger partial charge in [0.2, 0.25) is 0 Å². The fourth-order valence-electron chi connectivity index (χ4n) is 2.64. The Morgan fingerprint density at radius 3 is 2.91 bits per heavy atom. The van der Waals surface area contributed by atoms with Crippen molar-refractivity contribution < 1.29 is 5.11 Å². The average molecular weight is 348 g/mol. The monoisotopic (exact) mass is 347 g/mol. The van der Waals surface area contributed by atoms with Gasteiger partial charge in [-0.1, -0.05) is 17.3 Å². The minimum atomic E-state index is -0.569.